The number of carbonyl (C=O) groups is 4. The van der Waals surface area contributed by atoms with E-state index in [-0.39, 0.29) is 11.8 Å². The molecule has 0 aliphatic carbocycles. The first-order chi connectivity index (χ1) is 13.5. The highest BCUT2D eigenvalue weighted by atomic mass is 32.2. The van der Waals surface area contributed by atoms with Gasteiger partial charge in [0.15, 0.2) is 0 Å². The molecule has 9 nitrogen and oxygen atoms in total. The number of hydrogen-bond donors (Lipinski definition) is 5. The van der Waals surface area contributed by atoms with Gasteiger partial charge in [-0.25, -0.2) is 4.79 Å². The smallest absolute Gasteiger partial charge is 0.326 e. The van der Waals surface area contributed by atoms with Crippen LogP contribution in [0.15, 0.2) is 0 Å². The summed E-state index contributed by atoms with van der Waals surface area (Å²) >= 11 is 1.52. The molecule has 0 aromatic heterocycles. The summed E-state index contributed by atoms with van der Waals surface area (Å²) in [5.74, 6) is -2.38. The molecule has 10 heteroatoms. The summed E-state index contributed by atoms with van der Waals surface area (Å²) in [5.41, 5.74) is 5.84. The van der Waals surface area contributed by atoms with Gasteiger partial charge in [0.25, 0.3) is 0 Å². The van der Waals surface area contributed by atoms with Crippen LogP contribution in [0.5, 0.6) is 0 Å². The largest absolute Gasteiger partial charge is 0.480 e. The molecule has 5 unspecified atom stereocenters. The molecule has 3 amide bonds. The van der Waals surface area contributed by atoms with Crippen LogP contribution in [0.3, 0.4) is 0 Å². The highest BCUT2D eigenvalue weighted by molar-refractivity contribution is 7.98. The molecular weight excluding hydrogens is 396 g/mol. The minimum absolute atomic E-state index is 0.0857. The summed E-state index contributed by atoms with van der Waals surface area (Å²) in [5, 5.41) is 17.0. The Labute approximate surface area is 177 Å². The van der Waals surface area contributed by atoms with Crippen molar-refractivity contribution < 1.29 is 24.3 Å². The third-order valence-corrected chi connectivity index (χ3v) is 5.44. The van der Waals surface area contributed by atoms with Gasteiger partial charge in [-0.1, -0.05) is 34.1 Å². The number of nitrogens with one attached hydrogen (secondary N) is 3. The summed E-state index contributed by atoms with van der Waals surface area (Å²) in [7, 11) is 0. The molecule has 29 heavy (non-hydrogen) atoms. The van der Waals surface area contributed by atoms with Crippen LogP contribution in [-0.4, -0.2) is 65.0 Å². The first kappa shape index (κ1) is 27.2. The zero-order chi connectivity index (χ0) is 22.7. The van der Waals surface area contributed by atoms with Gasteiger partial charge in [-0.3, -0.25) is 14.4 Å². The topological polar surface area (TPSA) is 151 Å². The summed E-state index contributed by atoms with van der Waals surface area (Å²) in [6.45, 7) is 8.65. The fourth-order valence-electron chi connectivity index (χ4n) is 2.42. The van der Waals surface area contributed by atoms with Gasteiger partial charge >= 0.3 is 5.97 Å². The van der Waals surface area contributed by atoms with Gasteiger partial charge in [0.1, 0.15) is 18.1 Å². The van der Waals surface area contributed by atoms with Crippen LogP contribution >= 0.6 is 11.8 Å². The van der Waals surface area contributed by atoms with E-state index < -0.39 is 47.9 Å². The van der Waals surface area contributed by atoms with Crippen molar-refractivity contribution >= 4 is 35.5 Å². The lowest BCUT2D eigenvalue weighted by Gasteiger charge is -2.25. The molecule has 0 aromatic rings. The van der Waals surface area contributed by atoms with E-state index in [0.717, 1.165) is 0 Å². The van der Waals surface area contributed by atoms with Crippen molar-refractivity contribution in [3.8, 4) is 0 Å². The number of rotatable bonds is 13. The quantitative estimate of drug-likeness (QED) is 0.281. The van der Waals surface area contributed by atoms with Crippen LogP contribution < -0.4 is 21.7 Å². The second kappa shape index (κ2) is 13.4. The minimum atomic E-state index is -1.13. The van der Waals surface area contributed by atoms with Gasteiger partial charge in [0.05, 0.1) is 6.04 Å². The van der Waals surface area contributed by atoms with E-state index >= 15 is 0 Å². The second-order valence-corrected chi connectivity index (χ2v) is 8.54. The van der Waals surface area contributed by atoms with Crippen LogP contribution in [-0.2, 0) is 19.2 Å². The van der Waals surface area contributed by atoms with Crippen LogP contribution in [0.4, 0.5) is 0 Å². The molecule has 0 radical (unpaired) electrons. The maximum atomic E-state index is 12.6. The number of nitrogens with two attached hydrogens (primary N) is 1. The Morgan fingerprint density at radius 1 is 0.966 bits per heavy atom. The number of hydrogen-bond acceptors (Lipinski definition) is 6. The number of carboxylic acids is 1. The number of thioether (sulfide) groups is 1. The Morgan fingerprint density at radius 2 is 1.55 bits per heavy atom. The van der Waals surface area contributed by atoms with Crippen molar-refractivity contribution in [1.29, 1.82) is 0 Å². The Hall–Kier alpha value is -1.81. The molecule has 0 heterocycles. The van der Waals surface area contributed by atoms with Gasteiger partial charge in [0.2, 0.25) is 17.7 Å². The van der Waals surface area contributed by atoms with E-state index in [0.29, 0.717) is 18.6 Å². The Morgan fingerprint density at radius 3 is 2.00 bits per heavy atom. The van der Waals surface area contributed by atoms with Gasteiger partial charge in [-0.2, -0.15) is 11.8 Å². The lowest BCUT2D eigenvalue weighted by molar-refractivity contribution is -0.143. The molecule has 5 atom stereocenters. The van der Waals surface area contributed by atoms with Crippen molar-refractivity contribution in [2.24, 2.45) is 17.6 Å². The fraction of sp³-hybridized carbons (Fsp3) is 0.789. The zero-order valence-electron chi connectivity index (χ0n) is 18.2. The van der Waals surface area contributed by atoms with Gasteiger partial charge in [-0.05, 0) is 37.2 Å². The van der Waals surface area contributed by atoms with Gasteiger partial charge in [0, 0.05) is 0 Å². The maximum absolute atomic E-state index is 12.6. The number of carboxylic acid groups (broad SMARTS) is 1. The minimum Gasteiger partial charge on any atom is -0.480 e. The molecule has 0 aromatic carbocycles. The average molecular weight is 433 g/mol. The molecule has 0 rings (SSSR count). The highest BCUT2D eigenvalue weighted by Crippen LogP contribution is 2.09. The van der Waals surface area contributed by atoms with E-state index in [1.807, 2.05) is 27.0 Å². The molecule has 0 saturated heterocycles. The molecule has 0 aliphatic rings. The molecule has 6 N–H and O–H groups in total. The molecule has 0 bridgehead atoms. The van der Waals surface area contributed by atoms with Crippen LogP contribution in [0, 0.1) is 11.8 Å². The summed E-state index contributed by atoms with van der Waals surface area (Å²) < 4.78 is 0. The molecular formula is C19H36N4O5S. The summed E-state index contributed by atoms with van der Waals surface area (Å²) in [4.78, 5) is 48.6. The molecule has 168 valence electrons. The Kier molecular flexibility index (Phi) is 12.6. The lowest BCUT2D eigenvalue weighted by atomic mass is 9.99. The molecule has 0 spiro atoms. The molecule has 0 fully saturated rings. The number of carbonyl (C=O) groups excluding carboxylic acids is 3. The van der Waals surface area contributed by atoms with E-state index in [1.54, 1.807) is 6.92 Å². The van der Waals surface area contributed by atoms with Crippen molar-refractivity contribution in [3.63, 3.8) is 0 Å². The van der Waals surface area contributed by atoms with Crippen LogP contribution in [0.25, 0.3) is 0 Å². The van der Waals surface area contributed by atoms with Crippen LogP contribution in [0.1, 0.15) is 47.5 Å². The first-order valence-electron chi connectivity index (χ1n) is 9.84. The second-order valence-electron chi connectivity index (χ2n) is 7.55. The SMILES string of the molecule is CCC(C)C(NC(=O)C(C)NC(=O)C(CCSC)NC(=O)C(N)C(C)C)C(=O)O. The predicted octanol–water partition coefficient (Wildman–Crippen LogP) is 0.328. The van der Waals surface area contributed by atoms with Crippen molar-refractivity contribution in [2.45, 2.75) is 71.6 Å². The van der Waals surface area contributed by atoms with E-state index in [9.17, 15) is 24.3 Å². The molecule has 0 saturated carbocycles. The normalized spacial score (nSPS) is 16.3. The first-order valence-corrected chi connectivity index (χ1v) is 11.2. The van der Waals surface area contributed by atoms with E-state index in [4.69, 9.17) is 5.73 Å². The number of aliphatic carboxylic acids is 1. The standard InChI is InChI=1S/C19H36N4O5S/c1-7-11(4)15(19(27)28)23-16(24)12(5)21-17(25)13(8-9-29-6)22-18(26)14(20)10(2)3/h10-15H,7-9,20H2,1-6H3,(H,21,25)(H,22,26)(H,23,24)(H,27,28). The van der Waals surface area contributed by atoms with Gasteiger partial charge < -0.3 is 26.8 Å². The van der Waals surface area contributed by atoms with Gasteiger partial charge in [-0.15, -0.1) is 0 Å². The van der Waals surface area contributed by atoms with E-state index in [2.05, 4.69) is 16.0 Å². The third-order valence-electron chi connectivity index (χ3n) is 4.79. The summed E-state index contributed by atoms with van der Waals surface area (Å²) in [6, 6.07) is -3.57. The average Bonchev–Trinajstić information content (AvgIpc) is 2.66. The highest BCUT2D eigenvalue weighted by Gasteiger charge is 2.30. The molecule has 0 aliphatic heterocycles. The Balaban J connectivity index is 5.06. The predicted molar refractivity (Wildman–Crippen MR) is 114 cm³/mol. The zero-order valence-corrected chi connectivity index (χ0v) is 19.0. The van der Waals surface area contributed by atoms with E-state index in [1.165, 1.54) is 18.7 Å². The van der Waals surface area contributed by atoms with Crippen molar-refractivity contribution in [1.82, 2.24) is 16.0 Å². The number of amides is 3. The monoisotopic (exact) mass is 432 g/mol. The Bertz CT molecular complexity index is 573. The lowest BCUT2D eigenvalue weighted by Crippen LogP contribution is -2.57. The van der Waals surface area contributed by atoms with Crippen molar-refractivity contribution in [3.05, 3.63) is 0 Å². The third kappa shape index (κ3) is 9.49. The van der Waals surface area contributed by atoms with Crippen LogP contribution in [0.2, 0.25) is 0 Å². The maximum Gasteiger partial charge on any atom is 0.326 e. The summed E-state index contributed by atoms with van der Waals surface area (Å²) in [6.07, 6.45) is 2.84. The fourth-order valence-corrected chi connectivity index (χ4v) is 2.89. The van der Waals surface area contributed by atoms with Crippen molar-refractivity contribution in [2.75, 3.05) is 12.0 Å².